The van der Waals surface area contributed by atoms with Gasteiger partial charge in [-0.25, -0.2) is 0 Å². The van der Waals surface area contributed by atoms with Gasteiger partial charge in [0.25, 0.3) is 0 Å². The topological polar surface area (TPSA) is 62.9 Å². The number of nitrogens with zero attached hydrogens (tertiary/aromatic N) is 2. The Morgan fingerprint density at radius 1 is 1.21 bits per heavy atom. The van der Waals surface area contributed by atoms with Crippen molar-refractivity contribution in [2.45, 2.75) is 32.2 Å². The second kappa shape index (κ2) is 10.0. The molecule has 0 spiro atoms. The predicted octanol–water partition coefficient (Wildman–Crippen LogP) is 3.96. The Morgan fingerprint density at radius 2 is 2.00 bits per heavy atom. The van der Waals surface area contributed by atoms with E-state index in [4.69, 9.17) is 10.5 Å². The van der Waals surface area contributed by atoms with Crippen molar-refractivity contribution >= 4 is 47.0 Å². The van der Waals surface area contributed by atoms with E-state index in [0.29, 0.717) is 12.5 Å². The molecule has 2 heterocycles. The Kier molecular flexibility index (Phi) is 7.73. The number of fused-ring (bicyclic) bond motifs is 1. The fourth-order valence-corrected chi connectivity index (χ4v) is 4.93. The Morgan fingerprint density at radius 3 is 2.75 bits per heavy atom. The minimum absolute atomic E-state index is 0. The summed E-state index contributed by atoms with van der Waals surface area (Å²) in [6.45, 7) is 6.26. The number of morpholine rings is 1. The number of hydrogen-bond donors (Lipinski definition) is 2. The van der Waals surface area contributed by atoms with Gasteiger partial charge in [-0.1, -0.05) is 6.07 Å². The Labute approximate surface area is 188 Å². The zero-order valence-electron chi connectivity index (χ0n) is 16.3. The molecule has 2 aromatic rings. The van der Waals surface area contributed by atoms with Crippen LogP contribution in [0.5, 0.6) is 0 Å². The largest absolute Gasteiger partial charge is 0.379 e. The van der Waals surface area contributed by atoms with Crippen LogP contribution in [0.15, 0.2) is 35.3 Å². The summed E-state index contributed by atoms with van der Waals surface area (Å²) in [5.74, 6) is 0.486. The van der Waals surface area contributed by atoms with Crippen molar-refractivity contribution in [1.82, 2.24) is 4.90 Å². The van der Waals surface area contributed by atoms with Crippen molar-refractivity contribution in [3.8, 4) is 0 Å². The number of guanidine groups is 1. The molecule has 1 aromatic carbocycles. The van der Waals surface area contributed by atoms with Crippen molar-refractivity contribution in [3.63, 3.8) is 0 Å². The number of benzene rings is 1. The van der Waals surface area contributed by atoms with E-state index in [1.165, 1.54) is 40.1 Å². The number of halogens is 1. The number of anilines is 1. The molecule has 4 rings (SSSR count). The minimum atomic E-state index is 0. The number of aryl methyl sites for hydroxylation is 3. The fraction of sp³-hybridized carbons (Fsp3) is 0.476. The number of ether oxygens (including phenoxy) is 1. The molecule has 3 N–H and O–H groups in total. The van der Waals surface area contributed by atoms with Gasteiger partial charge in [-0.3, -0.25) is 9.89 Å². The molecule has 5 nitrogen and oxygen atoms in total. The lowest BCUT2D eigenvalue weighted by atomic mass is 10.1. The van der Waals surface area contributed by atoms with Gasteiger partial charge in [-0.05, 0) is 61.6 Å². The van der Waals surface area contributed by atoms with E-state index in [2.05, 4.69) is 52.5 Å². The standard InChI is InChI=1S/C21H28N4OS.HI/c1-15-5-8-20(27-15)19(25-9-11-26-12-10-25)14-23-21(22)24-18-7-6-16-3-2-4-17(16)13-18;/h5-8,13,19H,2-4,9-12,14H2,1H3,(H3,22,23,24);1H. The second-order valence-corrected chi connectivity index (χ2v) is 8.62. The number of rotatable bonds is 5. The van der Waals surface area contributed by atoms with Crippen LogP contribution in [0.25, 0.3) is 0 Å². The van der Waals surface area contributed by atoms with E-state index in [-0.39, 0.29) is 30.0 Å². The zero-order chi connectivity index (χ0) is 18.6. The van der Waals surface area contributed by atoms with Crippen LogP contribution < -0.4 is 11.1 Å². The first kappa shape index (κ1) is 21.5. The summed E-state index contributed by atoms with van der Waals surface area (Å²) in [6, 6.07) is 11.2. The quantitative estimate of drug-likeness (QED) is 0.362. The van der Waals surface area contributed by atoms with E-state index < -0.39 is 0 Å². The van der Waals surface area contributed by atoms with Gasteiger partial charge in [0.2, 0.25) is 0 Å². The van der Waals surface area contributed by atoms with Gasteiger partial charge in [0.05, 0.1) is 25.8 Å². The van der Waals surface area contributed by atoms with Crippen molar-refractivity contribution in [1.29, 1.82) is 0 Å². The maximum absolute atomic E-state index is 6.21. The molecule has 28 heavy (non-hydrogen) atoms. The molecule has 1 aliphatic carbocycles. The van der Waals surface area contributed by atoms with Crippen LogP contribution in [0.3, 0.4) is 0 Å². The van der Waals surface area contributed by atoms with Gasteiger partial charge in [0, 0.05) is 28.5 Å². The van der Waals surface area contributed by atoms with Crippen molar-refractivity contribution < 1.29 is 4.74 Å². The monoisotopic (exact) mass is 512 g/mol. The highest BCUT2D eigenvalue weighted by atomic mass is 127. The predicted molar refractivity (Wildman–Crippen MR) is 128 cm³/mol. The fourth-order valence-electron chi connectivity index (χ4n) is 3.93. The van der Waals surface area contributed by atoms with Crippen molar-refractivity contribution in [3.05, 3.63) is 51.2 Å². The first-order valence-corrected chi connectivity index (χ1v) is 10.6. The SMILES string of the molecule is Cc1ccc(C(CN=C(N)Nc2ccc3c(c2)CCC3)N2CCOCC2)s1.I. The van der Waals surface area contributed by atoms with Gasteiger partial charge in [0.15, 0.2) is 5.96 Å². The van der Waals surface area contributed by atoms with Gasteiger partial charge in [-0.2, -0.15) is 0 Å². The Hall–Kier alpha value is -1.16. The number of nitrogens with one attached hydrogen (secondary N) is 1. The first-order valence-electron chi connectivity index (χ1n) is 9.76. The molecule has 1 unspecified atom stereocenters. The van der Waals surface area contributed by atoms with E-state index in [9.17, 15) is 0 Å². The highest BCUT2D eigenvalue weighted by Gasteiger charge is 2.23. The van der Waals surface area contributed by atoms with E-state index >= 15 is 0 Å². The smallest absolute Gasteiger partial charge is 0.193 e. The highest BCUT2D eigenvalue weighted by molar-refractivity contribution is 14.0. The Bertz CT molecular complexity index is 816. The molecule has 0 amide bonds. The molecule has 2 aliphatic rings. The average Bonchev–Trinajstić information content (AvgIpc) is 3.31. The molecule has 1 saturated heterocycles. The van der Waals surface area contributed by atoms with Crippen LogP contribution in [0.2, 0.25) is 0 Å². The minimum Gasteiger partial charge on any atom is -0.379 e. The maximum Gasteiger partial charge on any atom is 0.193 e. The average molecular weight is 512 g/mol. The van der Waals surface area contributed by atoms with Crippen molar-refractivity contribution in [2.24, 2.45) is 10.7 Å². The van der Waals surface area contributed by atoms with Gasteiger partial charge in [-0.15, -0.1) is 35.3 Å². The van der Waals surface area contributed by atoms with Crippen LogP contribution in [-0.4, -0.2) is 43.7 Å². The third kappa shape index (κ3) is 5.25. The van der Waals surface area contributed by atoms with Gasteiger partial charge < -0.3 is 15.8 Å². The summed E-state index contributed by atoms with van der Waals surface area (Å²) in [7, 11) is 0. The summed E-state index contributed by atoms with van der Waals surface area (Å²) in [4.78, 5) is 9.82. The molecule has 0 saturated carbocycles. The molecular weight excluding hydrogens is 483 g/mol. The molecule has 1 aromatic heterocycles. The lowest BCUT2D eigenvalue weighted by molar-refractivity contribution is 0.0187. The van der Waals surface area contributed by atoms with Crippen LogP contribution >= 0.6 is 35.3 Å². The lowest BCUT2D eigenvalue weighted by Crippen LogP contribution is -2.40. The van der Waals surface area contributed by atoms with Crippen LogP contribution in [0.1, 0.15) is 33.3 Å². The summed E-state index contributed by atoms with van der Waals surface area (Å²) in [5, 5.41) is 3.27. The number of thiophene rings is 1. The molecule has 1 aliphatic heterocycles. The third-order valence-electron chi connectivity index (χ3n) is 5.38. The normalized spacial score (nSPS) is 18.4. The van der Waals surface area contributed by atoms with E-state index in [1.54, 1.807) is 0 Å². The molecule has 1 atom stereocenters. The summed E-state index contributed by atoms with van der Waals surface area (Å²) in [5.41, 5.74) is 10.2. The molecule has 7 heteroatoms. The van der Waals surface area contributed by atoms with Gasteiger partial charge >= 0.3 is 0 Å². The molecule has 152 valence electrons. The highest BCUT2D eigenvalue weighted by Crippen LogP contribution is 2.29. The Balaban J connectivity index is 0.00000225. The van der Waals surface area contributed by atoms with Crippen LogP contribution in [0.4, 0.5) is 5.69 Å². The van der Waals surface area contributed by atoms with Gasteiger partial charge in [0.1, 0.15) is 0 Å². The maximum atomic E-state index is 6.21. The summed E-state index contributed by atoms with van der Waals surface area (Å²) in [6.07, 6.45) is 3.61. The molecule has 1 fully saturated rings. The lowest BCUT2D eigenvalue weighted by Gasteiger charge is -2.33. The molecular formula is C21H29IN4OS. The zero-order valence-corrected chi connectivity index (χ0v) is 19.5. The summed E-state index contributed by atoms with van der Waals surface area (Å²) >= 11 is 1.85. The molecule has 0 bridgehead atoms. The first-order chi connectivity index (χ1) is 13.2. The van der Waals surface area contributed by atoms with Crippen LogP contribution in [-0.2, 0) is 17.6 Å². The number of nitrogens with two attached hydrogens (primary N) is 1. The van der Waals surface area contributed by atoms with Crippen molar-refractivity contribution in [2.75, 3.05) is 38.2 Å². The number of hydrogen-bond acceptors (Lipinski definition) is 4. The number of aliphatic imine (C=N–C) groups is 1. The van der Waals surface area contributed by atoms with E-state index in [0.717, 1.165) is 32.0 Å². The van der Waals surface area contributed by atoms with E-state index in [1.807, 2.05) is 11.3 Å². The second-order valence-electron chi connectivity index (χ2n) is 7.30. The summed E-state index contributed by atoms with van der Waals surface area (Å²) < 4.78 is 5.52. The van der Waals surface area contributed by atoms with Crippen LogP contribution in [0, 0.1) is 6.92 Å². The third-order valence-corrected chi connectivity index (χ3v) is 6.48. The molecule has 0 radical (unpaired) electrons.